The number of hydrogen-bond acceptors (Lipinski definition) is 6. The Morgan fingerprint density at radius 1 is 1.36 bits per heavy atom. The summed E-state index contributed by atoms with van der Waals surface area (Å²) in [5, 5.41) is 2.90. The molecular weight excluding hydrogens is 358 g/mol. The first-order valence-corrected chi connectivity index (χ1v) is 9.52. The quantitative estimate of drug-likeness (QED) is 0.856. The van der Waals surface area contributed by atoms with Gasteiger partial charge in [-0.05, 0) is 25.5 Å². The topological polar surface area (TPSA) is 84.9 Å². The molecule has 1 amide bonds. The van der Waals surface area contributed by atoms with Crippen LogP contribution in [0, 0.1) is 0 Å². The van der Waals surface area contributed by atoms with Crippen LogP contribution in [0.5, 0.6) is 11.5 Å². The Balaban J connectivity index is 1.64. The fourth-order valence-electron chi connectivity index (χ4n) is 2.92. The van der Waals surface area contributed by atoms with Crippen molar-refractivity contribution in [1.82, 2.24) is 4.90 Å². The molecule has 1 aromatic carbocycles. The molecule has 2 atom stereocenters. The predicted octanol–water partition coefficient (Wildman–Crippen LogP) is 1.45. The summed E-state index contributed by atoms with van der Waals surface area (Å²) in [7, 11) is -1.53. The van der Waals surface area contributed by atoms with Gasteiger partial charge < -0.3 is 19.7 Å². The molecule has 3 rings (SSSR count). The monoisotopic (exact) mass is 376 g/mol. The standard InChI is InChI=1S/C15H18F2N2O5S/c1-9(14(20)19(2)11-5-6-25(21,22)8-11)18-10-3-4-12-13(7-10)24-15(16,17)23-12/h3-4,7,9,11,18H,5-6,8H2,1-2H3/t9-,11+/m1/s1. The number of anilines is 1. The number of likely N-dealkylation sites (N-methyl/N-ethyl adjacent to an activating group) is 1. The highest BCUT2D eigenvalue weighted by Gasteiger charge is 2.43. The van der Waals surface area contributed by atoms with Crippen molar-refractivity contribution in [2.24, 2.45) is 0 Å². The number of carbonyl (C=O) groups excluding carboxylic acids is 1. The molecule has 138 valence electrons. The van der Waals surface area contributed by atoms with E-state index in [2.05, 4.69) is 14.8 Å². The van der Waals surface area contributed by atoms with Crippen LogP contribution in [0.3, 0.4) is 0 Å². The third-order valence-corrected chi connectivity index (χ3v) is 6.01. The van der Waals surface area contributed by atoms with Gasteiger partial charge in [-0.1, -0.05) is 0 Å². The fraction of sp³-hybridized carbons (Fsp3) is 0.533. The van der Waals surface area contributed by atoms with Crippen LogP contribution >= 0.6 is 0 Å². The number of fused-ring (bicyclic) bond motifs is 1. The second-order valence-corrected chi connectivity index (χ2v) is 8.43. The maximum absolute atomic E-state index is 13.0. The summed E-state index contributed by atoms with van der Waals surface area (Å²) in [5.74, 6) is -0.452. The van der Waals surface area contributed by atoms with E-state index in [1.807, 2.05) is 0 Å². The van der Waals surface area contributed by atoms with E-state index >= 15 is 0 Å². The molecule has 7 nitrogen and oxygen atoms in total. The van der Waals surface area contributed by atoms with E-state index in [1.54, 1.807) is 14.0 Å². The molecule has 0 bridgehead atoms. The number of sulfone groups is 1. The predicted molar refractivity (Wildman–Crippen MR) is 85.6 cm³/mol. The SMILES string of the molecule is C[C@@H](Nc1ccc2c(c1)OC(F)(F)O2)C(=O)N(C)[C@H]1CCS(=O)(=O)C1. The van der Waals surface area contributed by atoms with Crippen molar-refractivity contribution >= 4 is 21.4 Å². The summed E-state index contributed by atoms with van der Waals surface area (Å²) in [6, 6.07) is 3.11. The molecule has 2 aliphatic heterocycles. The first-order valence-electron chi connectivity index (χ1n) is 7.70. The van der Waals surface area contributed by atoms with Gasteiger partial charge in [0.25, 0.3) is 0 Å². The maximum atomic E-state index is 13.0. The first kappa shape index (κ1) is 17.7. The summed E-state index contributed by atoms with van der Waals surface area (Å²) in [5.41, 5.74) is 0.411. The first-order chi connectivity index (χ1) is 11.6. The van der Waals surface area contributed by atoms with Crippen molar-refractivity contribution in [3.63, 3.8) is 0 Å². The fourth-order valence-corrected chi connectivity index (χ4v) is 4.69. The smallest absolute Gasteiger partial charge is 0.395 e. The Kier molecular flexibility index (Phi) is 4.26. The molecule has 10 heteroatoms. The van der Waals surface area contributed by atoms with E-state index in [-0.39, 0.29) is 35.0 Å². The number of halogens is 2. The van der Waals surface area contributed by atoms with Crippen molar-refractivity contribution < 1.29 is 31.5 Å². The zero-order valence-corrected chi connectivity index (χ0v) is 14.5. The molecule has 0 radical (unpaired) electrons. The lowest BCUT2D eigenvalue weighted by Gasteiger charge is -2.27. The number of hydrogen-bond donors (Lipinski definition) is 1. The highest BCUT2D eigenvalue weighted by atomic mass is 32.2. The molecule has 25 heavy (non-hydrogen) atoms. The summed E-state index contributed by atoms with van der Waals surface area (Å²) < 4.78 is 57.8. The average Bonchev–Trinajstić information content (AvgIpc) is 3.02. The second-order valence-electron chi connectivity index (χ2n) is 6.20. The number of carbonyl (C=O) groups is 1. The Bertz CT molecular complexity index is 799. The van der Waals surface area contributed by atoms with Crippen LogP contribution < -0.4 is 14.8 Å². The van der Waals surface area contributed by atoms with Gasteiger partial charge in [0.05, 0.1) is 11.5 Å². The van der Waals surface area contributed by atoms with Crippen LogP contribution in [0.4, 0.5) is 14.5 Å². The maximum Gasteiger partial charge on any atom is 0.586 e. The minimum Gasteiger partial charge on any atom is -0.395 e. The number of nitrogens with zero attached hydrogens (tertiary/aromatic N) is 1. The minimum atomic E-state index is -3.70. The van der Waals surface area contributed by atoms with Gasteiger partial charge >= 0.3 is 6.29 Å². The van der Waals surface area contributed by atoms with Gasteiger partial charge in [0, 0.05) is 24.8 Å². The van der Waals surface area contributed by atoms with Crippen LogP contribution in [0.2, 0.25) is 0 Å². The van der Waals surface area contributed by atoms with Gasteiger partial charge in [0.1, 0.15) is 6.04 Å². The van der Waals surface area contributed by atoms with Crippen molar-refractivity contribution in [2.45, 2.75) is 31.7 Å². The highest BCUT2D eigenvalue weighted by Crippen LogP contribution is 2.42. The number of ether oxygens (including phenoxy) is 2. The summed E-state index contributed by atoms with van der Waals surface area (Å²) in [4.78, 5) is 13.9. The third-order valence-electron chi connectivity index (χ3n) is 4.26. The van der Waals surface area contributed by atoms with Gasteiger partial charge in [-0.15, -0.1) is 8.78 Å². The Hall–Kier alpha value is -2.10. The highest BCUT2D eigenvalue weighted by molar-refractivity contribution is 7.91. The molecule has 0 aromatic heterocycles. The third kappa shape index (κ3) is 3.78. The van der Waals surface area contributed by atoms with Gasteiger partial charge in [-0.25, -0.2) is 8.42 Å². The molecule has 0 spiro atoms. The molecule has 2 heterocycles. The van der Waals surface area contributed by atoms with E-state index in [1.165, 1.54) is 23.1 Å². The van der Waals surface area contributed by atoms with E-state index in [9.17, 15) is 22.0 Å². The molecular formula is C15H18F2N2O5S. The molecule has 1 aromatic rings. The number of alkyl halides is 2. The lowest BCUT2D eigenvalue weighted by Crippen LogP contribution is -2.45. The largest absolute Gasteiger partial charge is 0.586 e. The van der Waals surface area contributed by atoms with Crippen molar-refractivity contribution in [3.8, 4) is 11.5 Å². The van der Waals surface area contributed by atoms with Gasteiger partial charge in [-0.3, -0.25) is 4.79 Å². The molecule has 1 saturated heterocycles. The van der Waals surface area contributed by atoms with Gasteiger partial charge in [0.2, 0.25) is 5.91 Å². The van der Waals surface area contributed by atoms with Gasteiger partial charge in [0.15, 0.2) is 21.3 Å². The van der Waals surface area contributed by atoms with Gasteiger partial charge in [-0.2, -0.15) is 0 Å². The Labute approximate surface area is 143 Å². The van der Waals surface area contributed by atoms with Crippen LogP contribution in [0.15, 0.2) is 18.2 Å². The van der Waals surface area contributed by atoms with E-state index in [4.69, 9.17) is 0 Å². The minimum absolute atomic E-state index is 0.0406. The molecule has 2 aliphatic rings. The Morgan fingerprint density at radius 3 is 2.68 bits per heavy atom. The Morgan fingerprint density at radius 2 is 2.04 bits per heavy atom. The van der Waals surface area contributed by atoms with E-state index in [0.29, 0.717) is 12.1 Å². The normalized spacial score (nSPS) is 23.9. The zero-order valence-electron chi connectivity index (χ0n) is 13.7. The number of benzene rings is 1. The number of amides is 1. The molecule has 0 unspecified atom stereocenters. The second kappa shape index (κ2) is 6.01. The summed E-state index contributed by atoms with van der Waals surface area (Å²) in [6.45, 7) is 1.61. The van der Waals surface area contributed by atoms with Crippen LogP contribution in [-0.2, 0) is 14.6 Å². The summed E-state index contributed by atoms with van der Waals surface area (Å²) >= 11 is 0. The van der Waals surface area contributed by atoms with Crippen molar-refractivity contribution in [2.75, 3.05) is 23.9 Å². The van der Waals surface area contributed by atoms with Crippen LogP contribution in [0.25, 0.3) is 0 Å². The lowest BCUT2D eigenvalue weighted by molar-refractivity contribution is -0.286. The van der Waals surface area contributed by atoms with Crippen LogP contribution in [-0.4, -0.2) is 56.2 Å². The van der Waals surface area contributed by atoms with Crippen LogP contribution in [0.1, 0.15) is 13.3 Å². The van der Waals surface area contributed by atoms with Crippen molar-refractivity contribution in [3.05, 3.63) is 18.2 Å². The molecule has 1 fully saturated rings. The zero-order chi connectivity index (χ0) is 18.4. The average molecular weight is 376 g/mol. The molecule has 0 saturated carbocycles. The molecule has 0 aliphatic carbocycles. The lowest BCUT2D eigenvalue weighted by atomic mass is 10.2. The molecule has 1 N–H and O–H groups in total. The number of rotatable bonds is 4. The van der Waals surface area contributed by atoms with E-state index < -0.39 is 22.2 Å². The van der Waals surface area contributed by atoms with Crippen molar-refractivity contribution in [1.29, 1.82) is 0 Å². The number of nitrogens with one attached hydrogen (secondary N) is 1. The van der Waals surface area contributed by atoms with E-state index in [0.717, 1.165) is 0 Å². The summed E-state index contributed by atoms with van der Waals surface area (Å²) in [6.07, 6.45) is -3.28.